The van der Waals surface area contributed by atoms with Gasteiger partial charge >= 0.3 is 0 Å². The molecule has 2 nitrogen and oxygen atoms in total. The summed E-state index contributed by atoms with van der Waals surface area (Å²) in [7, 11) is 0. The molecule has 0 aliphatic carbocycles. The van der Waals surface area contributed by atoms with Crippen LogP contribution in [-0.2, 0) is 0 Å². The molecule has 2 aromatic heterocycles. The van der Waals surface area contributed by atoms with Crippen molar-refractivity contribution < 1.29 is 0 Å². The van der Waals surface area contributed by atoms with E-state index >= 15 is 0 Å². The maximum atomic E-state index is 4.65. The largest absolute Gasteiger partial charge is 0.246 e. The summed E-state index contributed by atoms with van der Waals surface area (Å²) < 4.78 is 0. The van der Waals surface area contributed by atoms with E-state index in [1.807, 2.05) is 48.7 Å². The van der Waals surface area contributed by atoms with Crippen LogP contribution >= 0.6 is 11.8 Å². The van der Waals surface area contributed by atoms with Crippen LogP contribution < -0.4 is 0 Å². The minimum absolute atomic E-state index is 0.921. The van der Waals surface area contributed by atoms with E-state index in [1.165, 1.54) is 0 Å². The first-order chi connectivity index (χ1) is 8.86. The van der Waals surface area contributed by atoms with Crippen LogP contribution in [-0.4, -0.2) is 16.2 Å². The Bertz CT molecular complexity index is 695. The minimum atomic E-state index is 0.921. The van der Waals surface area contributed by atoms with Gasteiger partial charge in [-0.05, 0) is 30.5 Å². The van der Waals surface area contributed by atoms with Crippen molar-refractivity contribution in [3.05, 3.63) is 54.6 Å². The first-order valence-electron chi connectivity index (χ1n) is 5.74. The Hall–Kier alpha value is -1.87. The molecule has 0 saturated heterocycles. The van der Waals surface area contributed by atoms with Gasteiger partial charge in [0.15, 0.2) is 0 Å². The molecule has 0 fully saturated rings. The normalized spacial score (nSPS) is 10.7. The monoisotopic (exact) mass is 252 g/mol. The molecule has 18 heavy (non-hydrogen) atoms. The van der Waals surface area contributed by atoms with Crippen molar-refractivity contribution in [1.82, 2.24) is 9.97 Å². The molecule has 0 radical (unpaired) electrons. The Morgan fingerprint density at radius 1 is 0.778 bits per heavy atom. The van der Waals surface area contributed by atoms with E-state index in [2.05, 4.69) is 22.1 Å². The lowest BCUT2D eigenvalue weighted by atomic mass is 10.2. The lowest BCUT2D eigenvalue weighted by molar-refractivity contribution is 1.13. The van der Waals surface area contributed by atoms with Crippen molar-refractivity contribution in [3.8, 4) is 11.4 Å². The molecule has 0 saturated carbocycles. The molecule has 0 aliphatic rings. The lowest BCUT2D eigenvalue weighted by Crippen LogP contribution is -1.89. The number of aromatic nitrogens is 2. The number of pyridine rings is 2. The molecule has 0 unspecified atom stereocenters. The summed E-state index contributed by atoms with van der Waals surface area (Å²) >= 11 is 1.64. The van der Waals surface area contributed by atoms with E-state index in [9.17, 15) is 0 Å². The van der Waals surface area contributed by atoms with Crippen LogP contribution in [0.15, 0.2) is 59.6 Å². The molecule has 3 heteroatoms. The summed E-state index contributed by atoms with van der Waals surface area (Å²) in [6, 6.07) is 18.3. The summed E-state index contributed by atoms with van der Waals surface area (Å²) in [5.41, 5.74) is 2.85. The topological polar surface area (TPSA) is 25.8 Å². The third-order valence-corrected chi connectivity index (χ3v) is 3.44. The predicted octanol–water partition coefficient (Wildman–Crippen LogP) is 4.02. The Morgan fingerprint density at radius 2 is 1.61 bits per heavy atom. The molecule has 0 spiro atoms. The van der Waals surface area contributed by atoms with Crippen molar-refractivity contribution in [1.29, 1.82) is 0 Å². The van der Waals surface area contributed by atoms with Crippen molar-refractivity contribution in [3.63, 3.8) is 0 Å². The number of para-hydroxylation sites is 1. The van der Waals surface area contributed by atoms with Gasteiger partial charge in [-0.15, -0.1) is 11.8 Å². The molecule has 0 aliphatic heterocycles. The van der Waals surface area contributed by atoms with Crippen LogP contribution in [0.1, 0.15) is 0 Å². The Kier molecular flexibility index (Phi) is 2.99. The molecule has 0 amide bonds. The van der Waals surface area contributed by atoms with Gasteiger partial charge in [-0.2, -0.15) is 0 Å². The smallest absolute Gasteiger partial charge is 0.0965 e. The van der Waals surface area contributed by atoms with Crippen LogP contribution in [0.4, 0.5) is 0 Å². The number of nitrogens with zero attached hydrogens (tertiary/aromatic N) is 2. The number of fused-ring (bicyclic) bond motifs is 1. The number of benzene rings is 1. The van der Waals surface area contributed by atoms with Gasteiger partial charge < -0.3 is 0 Å². The van der Waals surface area contributed by atoms with Crippen molar-refractivity contribution >= 4 is 22.7 Å². The number of rotatable bonds is 2. The van der Waals surface area contributed by atoms with Gasteiger partial charge in [0.25, 0.3) is 0 Å². The summed E-state index contributed by atoms with van der Waals surface area (Å²) in [4.78, 5) is 9.22. The van der Waals surface area contributed by atoms with E-state index in [4.69, 9.17) is 0 Å². The average molecular weight is 252 g/mol. The average Bonchev–Trinajstić information content (AvgIpc) is 2.47. The fraction of sp³-hybridized carbons (Fsp3) is 0.0667. The fourth-order valence-electron chi connectivity index (χ4n) is 1.88. The van der Waals surface area contributed by atoms with Gasteiger partial charge in [-0.1, -0.05) is 30.3 Å². The van der Waals surface area contributed by atoms with Gasteiger partial charge in [-0.3, -0.25) is 0 Å². The quantitative estimate of drug-likeness (QED) is 0.644. The van der Waals surface area contributed by atoms with Gasteiger partial charge in [0.05, 0.1) is 21.9 Å². The van der Waals surface area contributed by atoms with E-state index in [0.29, 0.717) is 0 Å². The van der Waals surface area contributed by atoms with Crippen molar-refractivity contribution in [2.24, 2.45) is 0 Å². The summed E-state index contributed by atoms with van der Waals surface area (Å²) in [6.07, 6.45) is 2.03. The number of hydrogen-bond acceptors (Lipinski definition) is 3. The second-order valence-corrected chi connectivity index (χ2v) is 4.78. The zero-order chi connectivity index (χ0) is 12.4. The number of thioether (sulfide) groups is 1. The summed E-state index contributed by atoms with van der Waals surface area (Å²) in [5.74, 6) is 0. The standard InChI is InChI=1S/C15H12N2S/c1-18-15-8-4-7-13(17-15)14-10-9-11-5-2-3-6-12(11)16-14/h2-10H,1H3. The molecule has 0 N–H and O–H groups in total. The van der Waals surface area contributed by atoms with E-state index in [-0.39, 0.29) is 0 Å². The Balaban J connectivity index is 2.13. The second kappa shape index (κ2) is 4.78. The third-order valence-electron chi connectivity index (χ3n) is 2.79. The van der Waals surface area contributed by atoms with E-state index in [1.54, 1.807) is 11.8 Å². The van der Waals surface area contributed by atoms with Gasteiger partial charge in [0.2, 0.25) is 0 Å². The molecular weight excluding hydrogens is 240 g/mol. The van der Waals surface area contributed by atoms with E-state index in [0.717, 1.165) is 27.3 Å². The molecule has 3 rings (SSSR count). The summed E-state index contributed by atoms with van der Waals surface area (Å²) in [6.45, 7) is 0. The second-order valence-electron chi connectivity index (χ2n) is 3.95. The van der Waals surface area contributed by atoms with E-state index < -0.39 is 0 Å². The zero-order valence-corrected chi connectivity index (χ0v) is 10.8. The highest BCUT2D eigenvalue weighted by molar-refractivity contribution is 7.98. The Labute approximate surface area is 110 Å². The molecule has 0 atom stereocenters. The molecule has 2 heterocycles. The van der Waals surface area contributed by atoms with Crippen LogP contribution in [0.3, 0.4) is 0 Å². The zero-order valence-electron chi connectivity index (χ0n) is 10.00. The highest BCUT2D eigenvalue weighted by Gasteiger charge is 2.03. The van der Waals surface area contributed by atoms with Crippen LogP contribution in [0.2, 0.25) is 0 Å². The van der Waals surface area contributed by atoms with Gasteiger partial charge in [0, 0.05) is 5.39 Å². The first-order valence-corrected chi connectivity index (χ1v) is 6.96. The maximum Gasteiger partial charge on any atom is 0.0965 e. The maximum absolute atomic E-state index is 4.65. The van der Waals surface area contributed by atoms with Gasteiger partial charge in [0.1, 0.15) is 0 Å². The fourth-order valence-corrected chi connectivity index (χ4v) is 2.28. The lowest BCUT2D eigenvalue weighted by Gasteiger charge is -2.03. The van der Waals surface area contributed by atoms with Crippen LogP contribution in [0, 0.1) is 0 Å². The number of hydrogen-bond donors (Lipinski definition) is 0. The molecular formula is C15H12N2S. The molecule has 1 aromatic carbocycles. The molecule has 3 aromatic rings. The Morgan fingerprint density at radius 3 is 2.50 bits per heavy atom. The minimum Gasteiger partial charge on any atom is -0.246 e. The van der Waals surface area contributed by atoms with Crippen molar-refractivity contribution in [2.75, 3.05) is 6.26 Å². The highest BCUT2D eigenvalue weighted by Crippen LogP contribution is 2.21. The first kappa shape index (κ1) is 11.2. The van der Waals surface area contributed by atoms with Crippen LogP contribution in [0.5, 0.6) is 0 Å². The summed E-state index contributed by atoms with van der Waals surface area (Å²) in [5, 5.41) is 2.17. The molecule has 88 valence electrons. The highest BCUT2D eigenvalue weighted by atomic mass is 32.2. The molecule has 0 bridgehead atoms. The van der Waals surface area contributed by atoms with Crippen LogP contribution in [0.25, 0.3) is 22.3 Å². The third kappa shape index (κ3) is 2.09. The van der Waals surface area contributed by atoms with Gasteiger partial charge in [-0.25, -0.2) is 9.97 Å². The SMILES string of the molecule is CSc1cccc(-c2ccc3ccccc3n2)n1. The predicted molar refractivity (Wildman–Crippen MR) is 76.8 cm³/mol. The van der Waals surface area contributed by atoms with Crippen molar-refractivity contribution in [2.45, 2.75) is 5.03 Å².